The molecule has 0 spiro atoms. The normalized spacial score (nSPS) is 12.4. The van der Waals surface area contributed by atoms with E-state index in [2.05, 4.69) is 92.7 Å². The Bertz CT molecular complexity index is 1150. The molecule has 0 aliphatic carbocycles. The van der Waals surface area contributed by atoms with Gasteiger partial charge in [-0.05, 0) is 83.0 Å². The van der Waals surface area contributed by atoms with Gasteiger partial charge in [-0.15, -0.1) is 0 Å². The lowest BCUT2D eigenvalue weighted by Gasteiger charge is -2.29. The SMILES string of the molecule is CC(C)(C)Nc1ccc(CC(C)(C)Nc2cccc3[nH]ccc23)c2ncccc12. The van der Waals surface area contributed by atoms with Crippen molar-refractivity contribution in [3.63, 3.8) is 0 Å². The first-order valence-corrected chi connectivity index (χ1v) is 10.2. The van der Waals surface area contributed by atoms with Crippen molar-refractivity contribution in [1.29, 1.82) is 0 Å². The van der Waals surface area contributed by atoms with E-state index in [0.717, 1.165) is 28.8 Å². The fourth-order valence-corrected chi connectivity index (χ4v) is 3.97. The van der Waals surface area contributed by atoms with E-state index in [4.69, 9.17) is 4.98 Å². The largest absolute Gasteiger partial charge is 0.380 e. The van der Waals surface area contributed by atoms with Gasteiger partial charge in [0.15, 0.2) is 0 Å². The zero-order valence-electron chi connectivity index (χ0n) is 17.9. The molecule has 4 nitrogen and oxygen atoms in total. The van der Waals surface area contributed by atoms with Crippen molar-refractivity contribution in [2.75, 3.05) is 10.6 Å². The molecule has 0 aliphatic rings. The second-order valence-electron chi connectivity index (χ2n) is 9.48. The summed E-state index contributed by atoms with van der Waals surface area (Å²) < 4.78 is 0. The molecule has 4 aromatic rings. The predicted octanol–water partition coefficient (Wildman–Crippen LogP) is 6.36. The molecular formula is C25H30N4. The number of H-pyrrole nitrogens is 1. The summed E-state index contributed by atoms with van der Waals surface area (Å²) in [5.41, 5.74) is 5.62. The van der Waals surface area contributed by atoms with Crippen molar-refractivity contribution in [3.05, 3.63) is 66.5 Å². The quantitative estimate of drug-likeness (QED) is 0.374. The second-order valence-corrected chi connectivity index (χ2v) is 9.48. The Morgan fingerprint density at radius 2 is 1.62 bits per heavy atom. The number of pyridine rings is 1. The van der Waals surface area contributed by atoms with Gasteiger partial charge in [0.25, 0.3) is 0 Å². The topological polar surface area (TPSA) is 52.7 Å². The number of aromatic nitrogens is 2. The molecule has 0 bridgehead atoms. The molecule has 2 heterocycles. The zero-order valence-corrected chi connectivity index (χ0v) is 17.9. The van der Waals surface area contributed by atoms with E-state index in [1.165, 1.54) is 16.3 Å². The molecular weight excluding hydrogens is 356 g/mol. The summed E-state index contributed by atoms with van der Waals surface area (Å²) >= 11 is 0. The average molecular weight is 387 g/mol. The van der Waals surface area contributed by atoms with Crippen molar-refractivity contribution < 1.29 is 0 Å². The van der Waals surface area contributed by atoms with Crippen molar-refractivity contribution >= 4 is 33.2 Å². The molecule has 4 rings (SSSR count). The van der Waals surface area contributed by atoms with Crippen LogP contribution in [0.2, 0.25) is 0 Å². The number of nitrogens with zero attached hydrogens (tertiary/aromatic N) is 1. The van der Waals surface area contributed by atoms with Gasteiger partial charge in [-0.1, -0.05) is 12.1 Å². The van der Waals surface area contributed by atoms with Gasteiger partial charge in [-0.3, -0.25) is 4.98 Å². The highest BCUT2D eigenvalue weighted by Crippen LogP contribution is 2.31. The Labute approximate surface area is 172 Å². The van der Waals surface area contributed by atoms with Crippen LogP contribution >= 0.6 is 0 Å². The van der Waals surface area contributed by atoms with Crippen molar-refractivity contribution in [2.24, 2.45) is 0 Å². The van der Waals surface area contributed by atoms with E-state index in [9.17, 15) is 0 Å². The molecule has 0 atom stereocenters. The lowest BCUT2D eigenvalue weighted by atomic mass is 9.92. The van der Waals surface area contributed by atoms with E-state index in [-0.39, 0.29) is 11.1 Å². The standard InChI is InChI=1S/C25H30N4/c1-24(2,3)28-22-12-11-17(23-19(22)8-7-14-27-23)16-25(4,5)29-21-10-6-9-20-18(21)13-15-26-20/h6-15,26,28-29H,16H2,1-5H3. The second kappa shape index (κ2) is 7.11. The first kappa shape index (κ1) is 19.3. The zero-order chi connectivity index (χ0) is 20.6. The van der Waals surface area contributed by atoms with Gasteiger partial charge in [0.1, 0.15) is 0 Å². The van der Waals surface area contributed by atoms with Crippen molar-refractivity contribution in [3.8, 4) is 0 Å². The summed E-state index contributed by atoms with van der Waals surface area (Å²) in [7, 11) is 0. The highest BCUT2D eigenvalue weighted by Gasteiger charge is 2.22. The van der Waals surface area contributed by atoms with E-state index in [1.54, 1.807) is 0 Å². The van der Waals surface area contributed by atoms with Gasteiger partial charge in [-0.2, -0.15) is 0 Å². The Kier molecular flexibility index (Phi) is 4.73. The highest BCUT2D eigenvalue weighted by atomic mass is 15.0. The molecule has 0 saturated carbocycles. The van der Waals surface area contributed by atoms with Gasteiger partial charge in [0.2, 0.25) is 0 Å². The monoisotopic (exact) mass is 386 g/mol. The molecule has 0 aliphatic heterocycles. The van der Waals surface area contributed by atoms with Gasteiger partial charge >= 0.3 is 0 Å². The maximum atomic E-state index is 4.73. The van der Waals surface area contributed by atoms with Crippen LogP contribution in [-0.2, 0) is 6.42 Å². The molecule has 0 amide bonds. The van der Waals surface area contributed by atoms with E-state index < -0.39 is 0 Å². The average Bonchev–Trinajstić information content (AvgIpc) is 3.12. The molecule has 0 unspecified atom stereocenters. The lowest BCUT2D eigenvalue weighted by Crippen LogP contribution is -2.33. The number of anilines is 2. The van der Waals surface area contributed by atoms with Gasteiger partial charge < -0.3 is 15.6 Å². The Hall–Kier alpha value is -3.01. The first-order chi connectivity index (χ1) is 13.7. The summed E-state index contributed by atoms with van der Waals surface area (Å²) in [6.07, 6.45) is 4.74. The highest BCUT2D eigenvalue weighted by molar-refractivity contribution is 5.94. The van der Waals surface area contributed by atoms with E-state index >= 15 is 0 Å². The summed E-state index contributed by atoms with van der Waals surface area (Å²) in [6, 6.07) is 17.0. The third-order valence-electron chi connectivity index (χ3n) is 5.06. The minimum atomic E-state index is -0.130. The smallest absolute Gasteiger partial charge is 0.0755 e. The number of benzene rings is 2. The van der Waals surface area contributed by atoms with E-state index in [1.807, 2.05) is 18.5 Å². The third kappa shape index (κ3) is 4.21. The first-order valence-electron chi connectivity index (χ1n) is 10.2. The van der Waals surface area contributed by atoms with Crippen LogP contribution in [0.25, 0.3) is 21.8 Å². The molecule has 29 heavy (non-hydrogen) atoms. The number of aromatic amines is 1. The van der Waals surface area contributed by atoms with Crippen LogP contribution in [0, 0.1) is 0 Å². The molecule has 2 aromatic heterocycles. The van der Waals surface area contributed by atoms with Crippen molar-refractivity contribution in [2.45, 2.75) is 52.1 Å². The number of rotatable bonds is 5. The number of hydrogen-bond acceptors (Lipinski definition) is 3. The van der Waals surface area contributed by atoms with Crippen LogP contribution in [-0.4, -0.2) is 21.0 Å². The summed E-state index contributed by atoms with van der Waals surface area (Å²) in [5, 5.41) is 9.75. The van der Waals surface area contributed by atoms with Crippen LogP contribution in [0.5, 0.6) is 0 Å². The molecule has 4 heteroatoms. The van der Waals surface area contributed by atoms with Crippen LogP contribution in [0.3, 0.4) is 0 Å². The molecule has 3 N–H and O–H groups in total. The summed E-state index contributed by atoms with van der Waals surface area (Å²) in [6.45, 7) is 11.0. The Balaban J connectivity index is 1.66. The summed E-state index contributed by atoms with van der Waals surface area (Å²) in [4.78, 5) is 8.02. The van der Waals surface area contributed by atoms with Gasteiger partial charge in [0.05, 0.1) is 5.52 Å². The number of fused-ring (bicyclic) bond motifs is 2. The molecule has 0 fully saturated rings. The van der Waals surface area contributed by atoms with Crippen LogP contribution < -0.4 is 10.6 Å². The number of hydrogen-bond donors (Lipinski definition) is 3. The van der Waals surface area contributed by atoms with Crippen molar-refractivity contribution in [1.82, 2.24) is 9.97 Å². The van der Waals surface area contributed by atoms with Crippen LogP contribution in [0.4, 0.5) is 11.4 Å². The molecule has 0 radical (unpaired) electrons. The van der Waals surface area contributed by atoms with E-state index in [0.29, 0.717) is 0 Å². The fraction of sp³-hybridized carbons (Fsp3) is 0.320. The molecule has 2 aromatic carbocycles. The molecule has 0 saturated heterocycles. The third-order valence-corrected chi connectivity index (χ3v) is 5.06. The Morgan fingerprint density at radius 1 is 0.828 bits per heavy atom. The number of nitrogens with one attached hydrogen (secondary N) is 3. The van der Waals surface area contributed by atoms with Gasteiger partial charge in [0, 0.05) is 51.1 Å². The summed E-state index contributed by atoms with van der Waals surface area (Å²) in [5.74, 6) is 0. The predicted molar refractivity (Wildman–Crippen MR) is 125 cm³/mol. The molecule has 150 valence electrons. The fourth-order valence-electron chi connectivity index (χ4n) is 3.97. The lowest BCUT2D eigenvalue weighted by molar-refractivity contribution is 0.566. The maximum absolute atomic E-state index is 4.73. The van der Waals surface area contributed by atoms with Crippen LogP contribution in [0.1, 0.15) is 40.2 Å². The Morgan fingerprint density at radius 3 is 2.41 bits per heavy atom. The minimum Gasteiger partial charge on any atom is -0.380 e. The van der Waals surface area contributed by atoms with Crippen LogP contribution in [0.15, 0.2) is 60.9 Å². The minimum absolute atomic E-state index is 0.000352. The maximum Gasteiger partial charge on any atom is 0.0755 e. The van der Waals surface area contributed by atoms with Gasteiger partial charge in [-0.25, -0.2) is 0 Å².